The number of alkyl carbamates (subject to hydrolysis) is 1. The number of aromatic nitrogens is 1. The average Bonchev–Trinajstić information content (AvgIpc) is 2.80. The van der Waals surface area contributed by atoms with Gasteiger partial charge in [-0.2, -0.15) is 12.6 Å². The van der Waals surface area contributed by atoms with Crippen molar-refractivity contribution >= 4 is 41.3 Å². The molecule has 2 amide bonds. The standard InChI is InChI=1S/C16H27N3O4S2/c1-15(2,3)22-13(20)18-10(9-24)7-11-8-17-12(25-11)19-14(21)23-16(4,5)6/h8,10,24H,7,9H2,1-6H3,(H,18,20)(H,17,19,21)/t10-/m0/s1. The summed E-state index contributed by atoms with van der Waals surface area (Å²) in [5.74, 6) is 0.450. The first kappa shape index (κ1) is 21.6. The van der Waals surface area contributed by atoms with Gasteiger partial charge in [-0.1, -0.05) is 0 Å². The van der Waals surface area contributed by atoms with E-state index >= 15 is 0 Å². The molecule has 0 bridgehead atoms. The van der Waals surface area contributed by atoms with E-state index in [2.05, 4.69) is 28.2 Å². The number of anilines is 1. The monoisotopic (exact) mass is 389 g/mol. The van der Waals surface area contributed by atoms with Gasteiger partial charge in [-0.3, -0.25) is 5.32 Å². The first-order valence-corrected chi connectivity index (χ1v) is 9.38. The smallest absolute Gasteiger partial charge is 0.413 e. The van der Waals surface area contributed by atoms with Crippen LogP contribution < -0.4 is 10.6 Å². The largest absolute Gasteiger partial charge is 0.444 e. The molecule has 25 heavy (non-hydrogen) atoms. The average molecular weight is 390 g/mol. The SMILES string of the molecule is CC(C)(C)OC(=O)Nc1ncc(C[C@@H](CS)NC(=O)OC(C)(C)C)s1. The first-order chi connectivity index (χ1) is 11.4. The molecule has 1 aromatic heterocycles. The summed E-state index contributed by atoms with van der Waals surface area (Å²) < 4.78 is 10.4. The molecule has 7 nitrogen and oxygen atoms in total. The maximum Gasteiger partial charge on any atom is 0.413 e. The van der Waals surface area contributed by atoms with E-state index in [1.54, 1.807) is 47.7 Å². The molecule has 0 saturated heterocycles. The van der Waals surface area contributed by atoms with E-state index in [1.165, 1.54) is 11.3 Å². The number of carbonyl (C=O) groups is 2. The number of nitrogens with one attached hydrogen (secondary N) is 2. The number of ether oxygens (including phenoxy) is 2. The summed E-state index contributed by atoms with van der Waals surface area (Å²) in [7, 11) is 0. The van der Waals surface area contributed by atoms with Crippen molar-refractivity contribution < 1.29 is 19.1 Å². The van der Waals surface area contributed by atoms with Gasteiger partial charge in [0.1, 0.15) is 11.2 Å². The lowest BCUT2D eigenvalue weighted by atomic mass is 10.2. The van der Waals surface area contributed by atoms with E-state index in [0.717, 1.165) is 4.88 Å². The van der Waals surface area contributed by atoms with Crippen LogP contribution in [0.4, 0.5) is 14.7 Å². The summed E-state index contributed by atoms with van der Waals surface area (Å²) in [6.07, 6.45) is 1.16. The summed E-state index contributed by atoms with van der Waals surface area (Å²) in [5, 5.41) is 5.82. The topological polar surface area (TPSA) is 89.5 Å². The molecule has 0 spiro atoms. The summed E-state index contributed by atoms with van der Waals surface area (Å²) >= 11 is 5.59. The van der Waals surface area contributed by atoms with Gasteiger partial charge in [-0.15, -0.1) is 11.3 Å². The molecule has 0 aromatic carbocycles. The van der Waals surface area contributed by atoms with Crippen molar-refractivity contribution in [3.05, 3.63) is 11.1 Å². The molecule has 1 heterocycles. The second kappa shape index (κ2) is 8.75. The quantitative estimate of drug-likeness (QED) is 0.666. The van der Waals surface area contributed by atoms with E-state index in [-0.39, 0.29) is 6.04 Å². The van der Waals surface area contributed by atoms with Crippen LogP contribution in [-0.4, -0.2) is 40.2 Å². The van der Waals surface area contributed by atoms with Crippen molar-refractivity contribution in [1.29, 1.82) is 0 Å². The van der Waals surface area contributed by atoms with Crippen molar-refractivity contribution in [2.24, 2.45) is 0 Å². The lowest BCUT2D eigenvalue weighted by Gasteiger charge is -2.22. The number of hydrogen-bond donors (Lipinski definition) is 3. The molecule has 2 N–H and O–H groups in total. The number of amides is 2. The third-order valence-corrected chi connectivity index (χ3v) is 3.93. The molecule has 1 atom stereocenters. The summed E-state index contributed by atoms with van der Waals surface area (Å²) in [5.41, 5.74) is -1.13. The zero-order valence-electron chi connectivity index (χ0n) is 15.5. The van der Waals surface area contributed by atoms with Gasteiger partial charge >= 0.3 is 12.2 Å². The highest BCUT2D eigenvalue weighted by atomic mass is 32.1. The molecule has 0 aliphatic rings. The number of thiol groups is 1. The van der Waals surface area contributed by atoms with Crippen LogP contribution in [0.5, 0.6) is 0 Å². The molecule has 9 heteroatoms. The van der Waals surface area contributed by atoms with Gasteiger partial charge in [0.25, 0.3) is 0 Å². The van der Waals surface area contributed by atoms with Crippen LogP contribution in [-0.2, 0) is 15.9 Å². The molecule has 0 fully saturated rings. The minimum Gasteiger partial charge on any atom is -0.444 e. The first-order valence-electron chi connectivity index (χ1n) is 7.93. The predicted octanol–water partition coefficient (Wildman–Crippen LogP) is 3.86. The fourth-order valence-corrected chi connectivity index (χ4v) is 2.83. The second-order valence-electron chi connectivity index (χ2n) is 7.49. The number of rotatable bonds is 5. The minimum atomic E-state index is -0.571. The lowest BCUT2D eigenvalue weighted by Crippen LogP contribution is -2.41. The molecule has 0 aliphatic heterocycles. The molecule has 0 saturated carbocycles. The van der Waals surface area contributed by atoms with Gasteiger partial charge < -0.3 is 14.8 Å². The summed E-state index contributed by atoms with van der Waals surface area (Å²) in [6, 6.07) is -0.201. The Morgan fingerprint density at radius 1 is 1.16 bits per heavy atom. The van der Waals surface area contributed by atoms with Crippen molar-refractivity contribution in [3.8, 4) is 0 Å². The maximum absolute atomic E-state index is 11.8. The fourth-order valence-electron chi connectivity index (χ4n) is 1.73. The highest BCUT2D eigenvalue weighted by Crippen LogP contribution is 2.21. The second-order valence-corrected chi connectivity index (χ2v) is 8.97. The van der Waals surface area contributed by atoms with Crippen LogP contribution in [0.1, 0.15) is 46.4 Å². The molecule has 142 valence electrons. The minimum absolute atomic E-state index is 0.201. The van der Waals surface area contributed by atoms with E-state index < -0.39 is 23.4 Å². The molecule has 0 aliphatic carbocycles. The van der Waals surface area contributed by atoms with E-state index in [9.17, 15) is 9.59 Å². The van der Waals surface area contributed by atoms with Crippen LogP contribution in [0.15, 0.2) is 6.20 Å². The van der Waals surface area contributed by atoms with Gasteiger partial charge in [-0.05, 0) is 41.5 Å². The van der Waals surface area contributed by atoms with Crippen molar-refractivity contribution in [2.75, 3.05) is 11.1 Å². The fraction of sp³-hybridized carbons (Fsp3) is 0.688. The molecular weight excluding hydrogens is 362 g/mol. The van der Waals surface area contributed by atoms with Crippen LogP contribution >= 0.6 is 24.0 Å². The molecule has 1 rings (SSSR count). The third kappa shape index (κ3) is 9.54. The molecular formula is C16H27N3O4S2. The number of thiazole rings is 1. The zero-order valence-corrected chi connectivity index (χ0v) is 17.2. The Hall–Kier alpha value is -1.48. The highest BCUT2D eigenvalue weighted by molar-refractivity contribution is 7.80. The Morgan fingerprint density at radius 2 is 1.72 bits per heavy atom. The zero-order chi connectivity index (χ0) is 19.3. The number of nitrogens with zero attached hydrogens (tertiary/aromatic N) is 1. The Labute approximate surface area is 158 Å². The Morgan fingerprint density at radius 3 is 2.24 bits per heavy atom. The van der Waals surface area contributed by atoms with Gasteiger partial charge in [0.05, 0.1) is 0 Å². The molecule has 0 radical (unpaired) electrons. The van der Waals surface area contributed by atoms with E-state index in [1.807, 2.05) is 0 Å². The molecule has 1 aromatic rings. The van der Waals surface area contributed by atoms with Crippen LogP contribution in [0, 0.1) is 0 Å². The van der Waals surface area contributed by atoms with Gasteiger partial charge in [0, 0.05) is 29.3 Å². The lowest BCUT2D eigenvalue weighted by molar-refractivity contribution is 0.0508. The Balaban J connectivity index is 2.57. The van der Waals surface area contributed by atoms with Gasteiger partial charge in [0.2, 0.25) is 0 Å². The Bertz CT molecular complexity index is 591. The van der Waals surface area contributed by atoms with Gasteiger partial charge in [-0.25, -0.2) is 14.6 Å². The Kier molecular flexibility index (Phi) is 7.55. The van der Waals surface area contributed by atoms with Crippen molar-refractivity contribution in [3.63, 3.8) is 0 Å². The normalized spacial score (nSPS) is 13.1. The number of hydrogen-bond acceptors (Lipinski definition) is 7. The van der Waals surface area contributed by atoms with Crippen LogP contribution in [0.2, 0.25) is 0 Å². The van der Waals surface area contributed by atoms with E-state index in [0.29, 0.717) is 17.3 Å². The van der Waals surface area contributed by atoms with Crippen LogP contribution in [0.3, 0.4) is 0 Å². The van der Waals surface area contributed by atoms with Crippen LogP contribution in [0.25, 0.3) is 0 Å². The third-order valence-electron chi connectivity index (χ3n) is 2.55. The van der Waals surface area contributed by atoms with E-state index in [4.69, 9.17) is 9.47 Å². The molecule has 0 unspecified atom stereocenters. The number of carbonyl (C=O) groups excluding carboxylic acids is 2. The van der Waals surface area contributed by atoms with Crippen molar-refractivity contribution in [1.82, 2.24) is 10.3 Å². The summed E-state index contributed by atoms with van der Waals surface area (Å²) in [6.45, 7) is 10.8. The predicted molar refractivity (Wildman–Crippen MR) is 103 cm³/mol. The maximum atomic E-state index is 11.8. The highest BCUT2D eigenvalue weighted by Gasteiger charge is 2.20. The summed E-state index contributed by atoms with van der Waals surface area (Å²) in [4.78, 5) is 28.6. The van der Waals surface area contributed by atoms with Gasteiger partial charge in [0.15, 0.2) is 5.13 Å². The van der Waals surface area contributed by atoms with Crippen molar-refractivity contribution in [2.45, 2.75) is 65.2 Å².